The number of azide groups is 1. The second kappa shape index (κ2) is 9.74. The van der Waals surface area contributed by atoms with Crippen molar-refractivity contribution in [1.82, 2.24) is 5.32 Å². The Morgan fingerprint density at radius 1 is 1.29 bits per heavy atom. The molecular formula is C14H25N5O5. The molecular weight excluding hydrogens is 318 g/mol. The van der Waals surface area contributed by atoms with Gasteiger partial charge in [0.15, 0.2) is 0 Å². The summed E-state index contributed by atoms with van der Waals surface area (Å²) in [6, 6.07) is 0. The molecule has 1 atom stereocenters. The number of unbranched alkanes of at least 4 members (excludes halogenated alkanes) is 1. The molecule has 0 aliphatic rings. The predicted molar refractivity (Wildman–Crippen MR) is 85.9 cm³/mol. The zero-order chi connectivity index (χ0) is 18.8. The van der Waals surface area contributed by atoms with Crippen LogP contribution in [0.1, 0.15) is 46.5 Å². The van der Waals surface area contributed by atoms with Gasteiger partial charge in [-0.2, -0.15) is 0 Å². The first-order chi connectivity index (χ1) is 11.0. The minimum Gasteiger partial charge on any atom is -0.479 e. The Kier molecular flexibility index (Phi) is 8.80. The van der Waals surface area contributed by atoms with E-state index in [-0.39, 0.29) is 25.3 Å². The molecule has 0 radical (unpaired) electrons. The summed E-state index contributed by atoms with van der Waals surface area (Å²) in [6.45, 7) is 5.25. The molecule has 0 saturated carbocycles. The third-order valence-electron chi connectivity index (χ3n) is 2.97. The molecule has 10 nitrogen and oxygen atoms in total. The van der Waals surface area contributed by atoms with Crippen LogP contribution in [0.25, 0.3) is 10.4 Å². The molecule has 0 rings (SSSR count). The number of nitrogens with one attached hydrogen (secondary N) is 1. The van der Waals surface area contributed by atoms with Gasteiger partial charge in [0, 0.05) is 24.4 Å². The molecule has 0 spiro atoms. The van der Waals surface area contributed by atoms with E-state index in [4.69, 9.17) is 16.0 Å². The van der Waals surface area contributed by atoms with Crippen molar-refractivity contribution >= 4 is 17.8 Å². The van der Waals surface area contributed by atoms with Gasteiger partial charge in [0.25, 0.3) is 0 Å². The van der Waals surface area contributed by atoms with Gasteiger partial charge in [-0.25, -0.2) is 9.59 Å². The number of aliphatic carboxylic acids is 1. The Morgan fingerprint density at radius 3 is 2.42 bits per heavy atom. The Morgan fingerprint density at radius 2 is 1.92 bits per heavy atom. The summed E-state index contributed by atoms with van der Waals surface area (Å²) in [5.74, 6) is -2.71. The first kappa shape index (κ1) is 21.7. The van der Waals surface area contributed by atoms with Gasteiger partial charge in [-0.3, -0.25) is 4.79 Å². The van der Waals surface area contributed by atoms with E-state index in [1.807, 2.05) is 0 Å². The molecule has 0 saturated heterocycles. The maximum atomic E-state index is 12.0. The minimum atomic E-state index is -2.11. The monoisotopic (exact) mass is 343 g/mol. The van der Waals surface area contributed by atoms with Crippen molar-refractivity contribution in [2.75, 3.05) is 13.1 Å². The lowest BCUT2D eigenvalue weighted by atomic mass is 9.93. The van der Waals surface area contributed by atoms with Crippen LogP contribution in [0.2, 0.25) is 0 Å². The number of rotatable bonds is 10. The van der Waals surface area contributed by atoms with Crippen LogP contribution in [-0.2, 0) is 19.1 Å². The number of amides is 1. The van der Waals surface area contributed by atoms with Crippen LogP contribution < -0.4 is 11.1 Å². The first-order valence-corrected chi connectivity index (χ1v) is 7.56. The highest BCUT2D eigenvalue weighted by Gasteiger charge is 2.44. The third kappa shape index (κ3) is 8.35. The Labute approximate surface area is 140 Å². The van der Waals surface area contributed by atoms with Crippen LogP contribution in [0.3, 0.4) is 0 Å². The summed E-state index contributed by atoms with van der Waals surface area (Å²) in [5.41, 5.74) is 10.8. The largest absolute Gasteiger partial charge is 0.479 e. The van der Waals surface area contributed by atoms with E-state index in [0.717, 1.165) is 0 Å². The van der Waals surface area contributed by atoms with Crippen molar-refractivity contribution in [3.05, 3.63) is 10.4 Å². The fourth-order valence-corrected chi connectivity index (χ4v) is 1.71. The number of esters is 1. The highest BCUT2D eigenvalue weighted by Crippen LogP contribution is 2.18. The number of nitrogens with zero attached hydrogens (tertiary/aromatic N) is 3. The number of carboxylic acids is 1. The van der Waals surface area contributed by atoms with Crippen LogP contribution in [0.4, 0.5) is 0 Å². The Balaban J connectivity index is 4.32. The Bertz CT molecular complexity index is 510. The lowest BCUT2D eigenvalue weighted by molar-refractivity contribution is -0.169. The van der Waals surface area contributed by atoms with Gasteiger partial charge >= 0.3 is 11.9 Å². The molecule has 0 aliphatic heterocycles. The summed E-state index contributed by atoms with van der Waals surface area (Å²) in [5, 5.41) is 15.1. The van der Waals surface area contributed by atoms with Gasteiger partial charge < -0.3 is 20.9 Å². The van der Waals surface area contributed by atoms with Gasteiger partial charge in [0.2, 0.25) is 11.4 Å². The summed E-state index contributed by atoms with van der Waals surface area (Å²) < 4.78 is 5.06. The van der Waals surface area contributed by atoms with Gasteiger partial charge in [-0.15, -0.1) is 0 Å². The molecule has 1 amide bonds. The second-order valence-electron chi connectivity index (χ2n) is 6.29. The molecule has 10 heteroatoms. The molecule has 0 aromatic heterocycles. The van der Waals surface area contributed by atoms with Gasteiger partial charge in [0.1, 0.15) is 5.60 Å². The van der Waals surface area contributed by atoms with E-state index in [1.54, 1.807) is 20.8 Å². The number of hydrogen-bond acceptors (Lipinski definition) is 6. The maximum Gasteiger partial charge on any atom is 0.338 e. The highest BCUT2D eigenvalue weighted by molar-refractivity contribution is 6.03. The molecule has 0 aromatic carbocycles. The number of carbonyl (C=O) groups excluding carboxylic acids is 2. The minimum absolute atomic E-state index is 0.0753. The van der Waals surface area contributed by atoms with Crippen LogP contribution in [-0.4, -0.2) is 47.2 Å². The highest BCUT2D eigenvalue weighted by atomic mass is 16.6. The molecule has 0 fully saturated rings. The van der Waals surface area contributed by atoms with Gasteiger partial charge in [0.05, 0.1) is 0 Å². The zero-order valence-electron chi connectivity index (χ0n) is 14.2. The molecule has 0 aliphatic carbocycles. The van der Waals surface area contributed by atoms with Crippen molar-refractivity contribution in [2.45, 2.75) is 57.6 Å². The summed E-state index contributed by atoms with van der Waals surface area (Å²) in [7, 11) is 0. The van der Waals surface area contributed by atoms with Crippen molar-refractivity contribution in [2.24, 2.45) is 10.8 Å². The lowest BCUT2D eigenvalue weighted by Gasteiger charge is -2.28. The first-order valence-electron chi connectivity index (χ1n) is 7.56. The van der Waals surface area contributed by atoms with E-state index >= 15 is 0 Å². The van der Waals surface area contributed by atoms with E-state index in [2.05, 4.69) is 15.3 Å². The number of carboxylic acid groups (broad SMARTS) is 1. The molecule has 0 aromatic rings. The van der Waals surface area contributed by atoms with E-state index in [0.29, 0.717) is 19.4 Å². The van der Waals surface area contributed by atoms with Crippen molar-refractivity contribution in [3.8, 4) is 0 Å². The molecule has 0 heterocycles. The number of carbonyl (C=O) groups is 3. The third-order valence-corrected chi connectivity index (χ3v) is 2.97. The average molecular weight is 343 g/mol. The molecule has 136 valence electrons. The average Bonchev–Trinajstić information content (AvgIpc) is 2.44. The van der Waals surface area contributed by atoms with Crippen molar-refractivity contribution < 1.29 is 24.2 Å². The zero-order valence-corrected chi connectivity index (χ0v) is 14.2. The van der Waals surface area contributed by atoms with E-state index in [9.17, 15) is 19.5 Å². The van der Waals surface area contributed by atoms with E-state index in [1.165, 1.54) is 0 Å². The standard InChI is InChI=1S/C14H25N5O5/c1-13(2,3)24-12(23)14(15,11(21)22)7-4-5-8-17-10(20)6-9-18-19-16/h4-9,15H2,1-3H3,(H,17,20)(H,21,22)/t14-/m0/s1. The van der Waals surface area contributed by atoms with Crippen LogP contribution in [0.5, 0.6) is 0 Å². The number of nitrogens with two attached hydrogens (primary N) is 1. The maximum absolute atomic E-state index is 12.0. The van der Waals surface area contributed by atoms with Crippen molar-refractivity contribution in [3.63, 3.8) is 0 Å². The van der Waals surface area contributed by atoms with Gasteiger partial charge in [-0.1, -0.05) is 5.11 Å². The SMILES string of the molecule is CC(C)(C)OC(=O)[C@](N)(CCCCNC(=O)CCN=[N+]=[N-])C(=O)O. The fraction of sp³-hybridized carbons (Fsp3) is 0.786. The Hall–Kier alpha value is -2.32. The molecule has 24 heavy (non-hydrogen) atoms. The van der Waals surface area contributed by atoms with E-state index < -0.39 is 23.1 Å². The normalized spacial score (nSPS) is 13.3. The summed E-state index contributed by atoms with van der Waals surface area (Å²) >= 11 is 0. The van der Waals surface area contributed by atoms with Crippen LogP contribution in [0.15, 0.2) is 5.11 Å². The second-order valence-corrected chi connectivity index (χ2v) is 6.29. The number of ether oxygens (including phenoxy) is 1. The predicted octanol–water partition coefficient (Wildman–Crippen LogP) is 1.10. The topological polar surface area (TPSA) is 167 Å². The smallest absolute Gasteiger partial charge is 0.338 e. The molecule has 4 N–H and O–H groups in total. The lowest BCUT2D eigenvalue weighted by Crippen LogP contribution is -2.57. The summed E-state index contributed by atoms with van der Waals surface area (Å²) in [4.78, 5) is 37.2. The number of hydrogen-bond donors (Lipinski definition) is 3. The quantitative estimate of drug-likeness (QED) is 0.134. The van der Waals surface area contributed by atoms with Crippen LogP contribution >= 0.6 is 0 Å². The fourth-order valence-electron chi connectivity index (χ4n) is 1.71. The van der Waals surface area contributed by atoms with Gasteiger partial charge in [-0.05, 0) is 45.6 Å². The van der Waals surface area contributed by atoms with Crippen LogP contribution in [0, 0.1) is 0 Å². The summed E-state index contributed by atoms with van der Waals surface area (Å²) in [6.07, 6.45) is 0.741. The van der Waals surface area contributed by atoms with Crippen molar-refractivity contribution in [1.29, 1.82) is 0 Å². The molecule has 0 bridgehead atoms. The molecule has 0 unspecified atom stereocenters.